The molecule has 0 radical (unpaired) electrons. The first-order valence-electron chi connectivity index (χ1n) is 6.52. The van der Waals surface area contributed by atoms with Crippen LogP contribution in [0.2, 0.25) is 0 Å². The summed E-state index contributed by atoms with van der Waals surface area (Å²) in [4.78, 5) is 11.8. The second-order valence-electron chi connectivity index (χ2n) is 5.40. The Bertz CT molecular complexity index is 265. The molecular weight excluding hydrogens is 218 g/mol. The molecule has 4 heteroatoms. The van der Waals surface area contributed by atoms with E-state index in [2.05, 4.69) is 5.32 Å². The van der Waals surface area contributed by atoms with E-state index in [0.29, 0.717) is 0 Å². The second-order valence-corrected chi connectivity index (χ2v) is 5.40. The summed E-state index contributed by atoms with van der Waals surface area (Å²) in [6, 6.07) is 0. The second kappa shape index (κ2) is 5.83. The number of carbonyl (C=O) groups excluding carboxylic acids is 1. The Balaban J connectivity index is 2.37. The Morgan fingerprint density at radius 1 is 1.59 bits per heavy atom. The third kappa shape index (κ3) is 3.96. The minimum atomic E-state index is -0.853. The van der Waals surface area contributed by atoms with Crippen molar-refractivity contribution in [1.82, 2.24) is 5.32 Å². The normalized spacial score (nSPS) is 29.7. The molecule has 1 heterocycles. The predicted octanol–water partition coefficient (Wildman–Crippen LogP) is 1.47. The van der Waals surface area contributed by atoms with Crippen molar-refractivity contribution in [3.8, 4) is 0 Å². The minimum Gasteiger partial charge on any atom is -0.388 e. The standard InChI is InChI=1S/C13H25NO3/c1-5-9(2)13(4,16)8-14-12(15)11-7-6-10(3)17-11/h9-11,16H,5-8H2,1-4H3,(H,14,15). The zero-order chi connectivity index (χ0) is 13.1. The van der Waals surface area contributed by atoms with E-state index < -0.39 is 5.60 Å². The number of ether oxygens (including phenoxy) is 1. The van der Waals surface area contributed by atoms with E-state index in [9.17, 15) is 9.90 Å². The van der Waals surface area contributed by atoms with Crippen LogP contribution in [0, 0.1) is 5.92 Å². The molecule has 1 saturated heterocycles. The van der Waals surface area contributed by atoms with Crippen LogP contribution >= 0.6 is 0 Å². The maximum absolute atomic E-state index is 11.8. The average molecular weight is 243 g/mol. The highest BCUT2D eigenvalue weighted by molar-refractivity contribution is 5.81. The van der Waals surface area contributed by atoms with Crippen LogP contribution < -0.4 is 5.32 Å². The molecule has 4 atom stereocenters. The first-order chi connectivity index (χ1) is 7.86. The van der Waals surface area contributed by atoms with E-state index in [0.717, 1.165) is 19.3 Å². The molecular formula is C13H25NO3. The number of nitrogens with one attached hydrogen (secondary N) is 1. The van der Waals surface area contributed by atoms with E-state index in [4.69, 9.17) is 4.74 Å². The molecule has 1 aliphatic heterocycles. The van der Waals surface area contributed by atoms with Gasteiger partial charge in [0.05, 0.1) is 11.7 Å². The molecule has 100 valence electrons. The van der Waals surface area contributed by atoms with Crippen molar-refractivity contribution < 1.29 is 14.6 Å². The first-order valence-corrected chi connectivity index (χ1v) is 6.52. The highest BCUT2D eigenvalue weighted by Crippen LogP contribution is 2.21. The number of hydrogen-bond acceptors (Lipinski definition) is 3. The van der Waals surface area contributed by atoms with Gasteiger partial charge in [0, 0.05) is 6.54 Å². The van der Waals surface area contributed by atoms with Gasteiger partial charge >= 0.3 is 0 Å². The van der Waals surface area contributed by atoms with E-state index >= 15 is 0 Å². The molecule has 0 aromatic heterocycles. The van der Waals surface area contributed by atoms with E-state index in [1.54, 1.807) is 6.92 Å². The van der Waals surface area contributed by atoms with Gasteiger partial charge in [-0.1, -0.05) is 20.3 Å². The van der Waals surface area contributed by atoms with Crippen LogP contribution in [0.5, 0.6) is 0 Å². The molecule has 0 aliphatic carbocycles. The molecule has 1 fully saturated rings. The molecule has 1 rings (SSSR count). The molecule has 0 aromatic carbocycles. The van der Waals surface area contributed by atoms with Crippen LogP contribution in [0.4, 0.5) is 0 Å². The van der Waals surface area contributed by atoms with Gasteiger partial charge in [-0.2, -0.15) is 0 Å². The summed E-state index contributed by atoms with van der Waals surface area (Å²) in [5.41, 5.74) is -0.853. The molecule has 17 heavy (non-hydrogen) atoms. The van der Waals surface area contributed by atoms with Crippen LogP contribution in [0.25, 0.3) is 0 Å². The number of carbonyl (C=O) groups is 1. The van der Waals surface area contributed by atoms with Gasteiger partial charge in [0.15, 0.2) is 0 Å². The Morgan fingerprint density at radius 3 is 2.71 bits per heavy atom. The Labute approximate surface area is 104 Å². The van der Waals surface area contributed by atoms with Crippen molar-refractivity contribution in [3.05, 3.63) is 0 Å². The van der Waals surface area contributed by atoms with E-state index in [-0.39, 0.29) is 30.6 Å². The smallest absolute Gasteiger partial charge is 0.249 e. The average Bonchev–Trinajstić information content (AvgIpc) is 2.71. The lowest BCUT2D eigenvalue weighted by atomic mass is 9.88. The summed E-state index contributed by atoms with van der Waals surface area (Å²) < 4.78 is 5.48. The maximum Gasteiger partial charge on any atom is 0.249 e. The molecule has 0 saturated carbocycles. The molecule has 2 N–H and O–H groups in total. The third-order valence-corrected chi connectivity index (χ3v) is 3.82. The summed E-state index contributed by atoms with van der Waals surface area (Å²) in [6.45, 7) is 8.04. The molecule has 0 spiro atoms. The monoisotopic (exact) mass is 243 g/mol. The zero-order valence-electron chi connectivity index (χ0n) is 11.3. The predicted molar refractivity (Wildman–Crippen MR) is 66.7 cm³/mol. The van der Waals surface area contributed by atoms with E-state index in [1.165, 1.54) is 0 Å². The number of rotatable bonds is 5. The molecule has 4 unspecified atom stereocenters. The maximum atomic E-state index is 11.8. The van der Waals surface area contributed by atoms with Crippen molar-refractivity contribution in [2.24, 2.45) is 5.92 Å². The fraction of sp³-hybridized carbons (Fsp3) is 0.923. The third-order valence-electron chi connectivity index (χ3n) is 3.82. The number of aliphatic hydroxyl groups is 1. The minimum absolute atomic E-state index is 0.0991. The van der Waals surface area contributed by atoms with Crippen molar-refractivity contribution in [2.45, 2.75) is 64.8 Å². The van der Waals surface area contributed by atoms with Gasteiger partial charge in [0.2, 0.25) is 5.91 Å². The van der Waals surface area contributed by atoms with Gasteiger partial charge in [-0.05, 0) is 32.6 Å². The van der Waals surface area contributed by atoms with Crippen LogP contribution in [0.1, 0.15) is 47.0 Å². The first kappa shape index (κ1) is 14.5. The Morgan fingerprint density at radius 2 is 2.24 bits per heavy atom. The zero-order valence-corrected chi connectivity index (χ0v) is 11.3. The molecule has 4 nitrogen and oxygen atoms in total. The Hall–Kier alpha value is -0.610. The lowest BCUT2D eigenvalue weighted by Gasteiger charge is -2.30. The van der Waals surface area contributed by atoms with Crippen molar-refractivity contribution in [2.75, 3.05) is 6.54 Å². The van der Waals surface area contributed by atoms with Gasteiger partial charge in [-0.25, -0.2) is 0 Å². The summed E-state index contributed by atoms with van der Waals surface area (Å²) in [7, 11) is 0. The fourth-order valence-electron chi connectivity index (χ4n) is 1.99. The van der Waals surface area contributed by atoms with Crippen LogP contribution in [-0.2, 0) is 9.53 Å². The number of hydrogen-bond donors (Lipinski definition) is 2. The summed E-state index contributed by atoms with van der Waals surface area (Å²) in [5.74, 6) is 0.0594. The molecule has 0 aromatic rings. The summed E-state index contributed by atoms with van der Waals surface area (Å²) in [6.07, 6.45) is 2.43. The lowest BCUT2D eigenvalue weighted by molar-refractivity contribution is -0.133. The SMILES string of the molecule is CCC(C)C(C)(O)CNC(=O)C1CCC(C)O1. The summed E-state index contributed by atoms with van der Waals surface area (Å²) >= 11 is 0. The van der Waals surface area contributed by atoms with Gasteiger partial charge in [0.25, 0.3) is 0 Å². The van der Waals surface area contributed by atoms with Gasteiger partial charge in [-0.15, -0.1) is 0 Å². The van der Waals surface area contributed by atoms with Crippen molar-refractivity contribution >= 4 is 5.91 Å². The molecule has 1 amide bonds. The van der Waals surface area contributed by atoms with Crippen molar-refractivity contribution in [1.29, 1.82) is 0 Å². The largest absolute Gasteiger partial charge is 0.388 e. The highest BCUT2D eigenvalue weighted by atomic mass is 16.5. The fourth-order valence-corrected chi connectivity index (χ4v) is 1.99. The van der Waals surface area contributed by atoms with Crippen molar-refractivity contribution in [3.63, 3.8) is 0 Å². The topological polar surface area (TPSA) is 58.6 Å². The summed E-state index contributed by atoms with van der Waals surface area (Å²) in [5, 5.41) is 13.0. The van der Waals surface area contributed by atoms with Gasteiger partial charge in [-0.3, -0.25) is 4.79 Å². The van der Waals surface area contributed by atoms with Crippen LogP contribution in [-0.4, -0.2) is 35.4 Å². The van der Waals surface area contributed by atoms with Gasteiger partial charge in [0.1, 0.15) is 6.10 Å². The van der Waals surface area contributed by atoms with Crippen LogP contribution in [0.3, 0.4) is 0 Å². The lowest BCUT2D eigenvalue weighted by Crippen LogP contribution is -2.47. The van der Waals surface area contributed by atoms with Crippen LogP contribution in [0.15, 0.2) is 0 Å². The highest BCUT2D eigenvalue weighted by Gasteiger charge is 2.31. The number of amides is 1. The molecule has 0 bridgehead atoms. The van der Waals surface area contributed by atoms with E-state index in [1.807, 2.05) is 20.8 Å². The molecule has 1 aliphatic rings. The van der Waals surface area contributed by atoms with Gasteiger partial charge < -0.3 is 15.2 Å². The Kier molecular flexibility index (Phi) is 4.95. The quantitative estimate of drug-likeness (QED) is 0.768.